The van der Waals surface area contributed by atoms with E-state index in [1.165, 1.54) is 0 Å². The monoisotopic (exact) mass is 228 g/mol. The number of urea groups is 1. The zero-order chi connectivity index (χ0) is 12.1. The molecule has 0 bridgehead atoms. The van der Waals surface area contributed by atoms with Crippen molar-refractivity contribution in [1.29, 1.82) is 0 Å². The van der Waals surface area contributed by atoms with E-state index in [4.69, 9.17) is 5.11 Å². The summed E-state index contributed by atoms with van der Waals surface area (Å²) in [5.74, 6) is 0.838. The Morgan fingerprint density at radius 2 is 1.94 bits per heavy atom. The van der Waals surface area contributed by atoms with Gasteiger partial charge in [0.25, 0.3) is 0 Å². The molecular weight excluding hydrogens is 204 g/mol. The first-order chi connectivity index (χ1) is 7.54. The van der Waals surface area contributed by atoms with Gasteiger partial charge in [-0.2, -0.15) is 0 Å². The molecule has 0 saturated carbocycles. The van der Waals surface area contributed by atoms with Crippen LogP contribution in [-0.2, 0) is 0 Å². The van der Waals surface area contributed by atoms with Gasteiger partial charge in [-0.25, -0.2) is 4.79 Å². The lowest BCUT2D eigenvalue weighted by molar-refractivity contribution is 0.135. The van der Waals surface area contributed by atoms with Crippen LogP contribution in [0.4, 0.5) is 4.79 Å². The van der Waals surface area contributed by atoms with E-state index in [0.29, 0.717) is 11.8 Å². The van der Waals surface area contributed by atoms with Gasteiger partial charge in [-0.15, -0.1) is 0 Å². The topological polar surface area (TPSA) is 52.6 Å². The maximum atomic E-state index is 11.9. The number of nitrogens with one attached hydrogen (secondary N) is 1. The molecule has 1 rings (SSSR count). The minimum Gasteiger partial charge on any atom is -0.396 e. The van der Waals surface area contributed by atoms with Crippen LogP contribution >= 0.6 is 0 Å². The molecule has 0 aromatic rings. The molecule has 1 atom stereocenters. The molecular formula is C12H24N2O2. The lowest BCUT2D eigenvalue weighted by Crippen LogP contribution is -2.48. The summed E-state index contributed by atoms with van der Waals surface area (Å²) in [6.45, 7) is 8.01. The third-order valence-corrected chi connectivity index (χ3v) is 3.51. The van der Waals surface area contributed by atoms with E-state index in [0.717, 1.165) is 25.9 Å². The second kappa shape index (κ2) is 6.09. The number of piperidine rings is 1. The van der Waals surface area contributed by atoms with Crippen LogP contribution in [0.3, 0.4) is 0 Å². The number of carbonyl (C=O) groups is 1. The lowest BCUT2D eigenvalue weighted by atomic mass is 9.98. The molecule has 1 aliphatic heterocycles. The number of likely N-dealkylation sites (tertiary alicyclic amines) is 1. The SMILES string of the molecule is CC(C)C(C)NC(=O)N1CCC(CO)CC1. The van der Waals surface area contributed by atoms with Crippen LogP contribution in [-0.4, -0.2) is 41.8 Å². The van der Waals surface area contributed by atoms with Gasteiger partial charge in [-0.1, -0.05) is 13.8 Å². The summed E-state index contributed by atoms with van der Waals surface area (Å²) >= 11 is 0. The number of aliphatic hydroxyl groups excluding tert-OH is 1. The molecule has 4 heteroatoms. The summed E-state index contributed by atoms with van der Waals surface area (Å²) < 4.78 is 0. The molecule has 16 heavy (non-hydrogen) atoms. The Balaban J connectivity index is 2.33. The van der Waals surface area contributed by atoms with Crippen molar-refractivity contribution in [2.75, 3.05) is 19.7 Å². The number of nitrogens with zero attached hydrogens (tertiary/aromatic N) is 1. The van der Waals surface area contributed by atoms with E-state index < -0.39 is 0 Å². The van der Waals surface area contributed by atoms with Gasteiger partial charge >= 0.3 is 6.03 Å². The first-order valence-electron chi connectivity index (χ1n) is 6.21. The van der Waals surface area contributed by atoms with Crippen molar-refractivity contribution in [1.82, 2.24) is 10.2 Å². The van der Waals surface area contributed by atoms with Crippen molar-refractivity contribution in [2.24, 2.45) is 11.8 Å². The van der Waals surface area contributed by atoms with Crippen LogP contribution in [0.15, 0.2) is 0 Å². The molecule has 4 nitrogen and oxygen atoms in total. The first kappa shape index (κ1) is 13.3. The molecule has 0 aromatic carbocycles. The maximum Gasteiger partial charge on any atom is 0.317 e. The van der Waals surface area contributed by atoms with Crippen LogP contribution in [0.1, 0.15) is 33.6 Å². The van der Waals surface area contributed by atoms with E-state index in [1.54, 1.807) is 0 Å². The third kappa shape index (κ3) is 3.67. The molecule has 2 N–H and O–H groups in total. The molecule has 1 fully saturated rings. The van der Waals surface area contributed by atoms with Crippen LogP contribution in [0, 0.1) is 11.8 Å². The Bertz CT molecular complexity index is 223. The molecule has 1 aliphatic rings. The lowest BCUT2D eigenvalue weighted by Gasteiger charge is -2.32. The molecule has 1 heterocycles. The van der Waals surface area contributed by atoms with E-state index in [-0.39, 0.29) is 18.7 Å². The summed E-state index contributed by atoms with van der Waals surface area (Å²) in [6, 6.07) is 0.251. The minimum absolute atomic E-state index is 0.0394. The van der Waals surface area contributed by atoms with Gasteiger partial charge in [-0.05, 0) is 31.6 Å². The summed E-state index contributed by atoms with van der Waals surface area (Å²) in [5.41, 5.74) is 0. The number of rotatable bonds is 3. The second-order valence-electron chi connectivity index (χ2n) is 5.10. The van der Waals surface area contributed by atoms with E-state index in [1.807, 2.05) is 11.8 Å². The maximum absolute atomic E-state index is 11.9. The van der Waals surface area contributed by atoms with Gasteiger partial charge in [0.05, 0.1) is 0 Å². The second-order valence-corrected chi connectivity index (χ2v) is 5.10. The Morgan fingerprint density at radius 1 is 1.38 bits per heavy atom. The Labute approximate surface area is 98.0 Å². The predicted octanol–water partition coefficient (Wildman–Crippen LogP) is 1.44. The Morgan fingerprint density at radius 3 is 2.38 bits per heavy atom. The predicted molar refractivity (Wildman–Crippen MR) is 64.2 cm³/mol. The van der Waals surface area contributed by atoms with Crippen molar-refractivity contribution in [2.45, 2.75) is 39.7 Å². The molecule has 0 aliphatic carbocycles. The third-order valence-electron chi connectivity index (χ3n) is 3.51. The van der Waals surface area contributed by atoms with Gasteiger partial charge in [0.1, 0.15) is 0 Å². The van der Waals surface area contributed by atoms with Gasteiger partial charge in [0.2, 0.25) is 0 Å². The standard InChI is InChI=1S/C12H24N2O2/c1-9(2)10(3)13-12(16)14-6-4-11(8-15)5-7-14/h9-11,15H,4-8H2,1-3H3,(H,13,16). The van der Waals surface area contributed by atoms with E-state index in [2.05, 4.69) is 19.2 Å². The van der Waals surface area contributed by atoms with Crippen LogP contribution in [0.5, 0.6) is 0 Å². The van der Waals surface area contributed by atoms with Crippen molar-refractivity contribution in [3.63, 3.8) is 0 Å². The highest BCUT2D eigenvalue weighted by Gasteiger charge is 2.23. The van der Waals surface area contributed by atoms with E-state index >= 15 is 0 Å². The van der Waals surface area contributed by atoms with Gasteiger partial charge < -0.3 is 15.3 Å². The zero-order valence-corrected chi connectivity index (χ0v) is 10.6. The van der Waals surface area contributed by atoms with Crippen molar-refractivity contribution < 1.29 is 9.90 Å². The fraction of sp³-hybridized carbons (Fsp3) is 0.917. The Kier molecular flexibility index (Phi) is 5.06. The highest BCUT2D eigenvalue weighted by Crippen LogP contribution is 2.16. The largest absolute Gasteiger partial charge is 0.396 e. The minimum atomic E-state index is 0.0394. The molecule has 94 valence electrons. The van der Waals surface area contributed by atoms with Gasteiger partial charge in [0, 0.05) is 25.7 Å². The first-order valence-corrected chi connectivity index (χ1v) is 6.21. The number of hydrogen-bond donors (Lipinski definition) is 2. The fourth-order valence-electron chi connectivity index (χ4n) is 1.77. The Hall–Kier alpha value is -0.770. The number of amides is 2. The van der Waals surface area contributed by atoms with Gasteiger partial charge in [-0.3, -0.25) is 0 Å². The van der Waals surface area contributed by atoms with E-state index in [9.17, 15) is 4.79 Å². The average Bonchev–Trinajstić information content (AvgIpc) is 2.28. The quantitative estimate of drug-likeness (QED) is 0.768. The molecule has 2 amide bonds. The fourth-order valence-corrected chi connectivity index (χ4v) is 1.77. The van der Waals surface area contributed by atoms with Crippen molar-refractivity contribution >= 4 is 6.03 Å². The zero-order valence-electron chi connectivity index (χ0n) is 10.6. The molecule has 1 unspecified atom stereocenters. The van der Waals surface area contributed by atoms with Crippen molar-refractivity contribution in [3.8, 4) is 0 Å². The van der Waals surface area contributed by atoms with Crippen LogP contribution in [0.2, 0.25) is 0 Å². The normalized spacial score (nSPS) is 19.9. The highest BCUT2D eigenvalue weighted by molar-refractivity contribution is 5.74. The van der Waals surface area contributed by atoms with Crippen molar-refractivity contribution in [3.05, 3.63) is 0 Å². The molecule has 0 spiro atoms. The number of aliphatic hydroxyl groups is 1. The average molecular weight is 228 g/mol. The van der Waals surface area contributed by atoms with Crippen LogP contribution in [0.25, 0.3) is 0 Å². The summed E-state index contributed by atoms with van der Waals surface area (Å²) in [7, 11) is 0. The molecule has 0 aromatic heterocycles. The number of carbonyl (C=O) groups excluding carboxylic acids is 1. The summed E-state index contributed by atoms with van der Waals surface area (Å²) in [6.07, 6.45) is 1.83. The smallest absolute Gasteiger partial charge is 0.317 e. The highest BCUT2D eigenvalue weighted by atomic mass is 16.3. The summed E-state index contributed by atoms with van der Waals surface area (Å²) in [4.78, 5) is 13.7. The summed E-state index contributed by atoms with van der Waals surface area (Å²) in [5, 5.41) is 12.0. The molecule has 0 radical (unpaired) electrons. The van der Waals surface area contributed by atoms with Crippen LogP contribution < -0.4 is 5.32 Å². The van der Waals surface area contributed by atoms with Gasteiger partial charge in [0.15, 0.2) is 0 Å². The molecule has 1 saturated heterocycles. The number of hydrogen-bond acceptors (Lipinski definition) is 2.